The van der Waals surface area contributed by atoms with Gasteiger partial charge in [0.05, 0.1) is 11.1 Å². The number of carbonyl (C=O) groups is 3. The molecule has 1 unspecified atom stereocenters. The van der Waals surface area contributed by atoms with Crippen LogP contribution in [0.25, 0.3) is 0 Å². The first-order chi connectivity index (χ1) is 11.1. The molecule has 0 aliphatic carbocycles. The van der Waals surface area contributed by atoms with Crippen molar-refractivity contribution in [3.8, 4) is 0 Å². The number of amides is 2. The molecule has 1 atom stereocenters. The summed E-state index contributed by atoms with van der Waals surface area (Å²) in [7, 11) is 0. The van der Waals surface area contributed by atoms with Gasteiger partial charge in [-0.2, -0.15) is 0 Å². The molecule has 0 radical (unpaired) electrons. The van der Waals surface area contributed by atoms with Crippen LogP contribution in [0.4, 0.5) is 0 Å². The first-order valence-electron chi connectivity index (χ1n) is 7.97. The summed E-state index contributed by atoms with van der Waals surface area (Å²) in [4.78, 5) is 42.6. The van der Waals surface area contributed by atoms with Gasteiger partial charge < -0.3 is 4.74 Å². The Morgan fingerprint density at radius 3 is 2.00 bits per heavy atom. The highest BCUT2D eigenvalue weighted by Gasteiger charge is 2.40. The van der Waals surface area contributed by atoms with Crippen molar-refractivity contribution >= 4 is 17.8 Å². The van der Waals surface area contributed by atoms with Gasteiger partial charge in [-0.15, -0.1) is 5.06 Å². The lowest BCUT2D eigenvalue weighted by molar-refractivity contribution is -0.191. The van der Waals surface area contributed by atoms with Crippen LogP contribution in [0, 0.1) is 5.92 Å². The van der Waals surface area contributed by atoms with Crippen LogP contribution in [0.15, 0.2) is 24.3 Å². The standard InChI is InChI=1S/C18H23NO5/c1-11(2)10-14(17(22)23-18(3,4)5)24-19-15(20)12-8-6-7-9-13(12)16(19)21/h6-9,11,14H,10H2,1-5H3. The van der Waals surface area contributed by atoms with E-state index in [1.165, 1.54) is 0 Å². The number of esters is 1. The molecule has 0 saturated heterocycles. The van der Waals surface area contributed by atoms with Crippen molar-refractivity contribution in [1.29, 1.82) is 0 Å². The van der Waals surface area contributed by atoms with Crippen molar-refractivity contribution in [3.63, 3.8) is 0 Å². The molecule has 0 bridgehead atoms. The Kier molecular flexibility index (Phi) is 5.08. The molecule has 1 aliphatic heterocycles. The van der Waals surface area contributed by atoms with E-state index in [2.05, 4.69) is 0 Å². The molecule has 1 aromatic carbocycles. The predicted octanol–water partition coefficient (Wildman–Crippen LogP) is 2.97. The van der Waals surface area contributed by atoms with Crippen molar-refractivity contribution in [1.82, 2.24) is 5.06 Å². The molecule has 6 nitrogen and oxygen atoms in total. The van der Waals surface area contributed by atoms with E-state index in [-0.39, 0.29) is 17.0 Å². The summed E-state index contributed by atoms with van der Waals surface area (Å²) in [5, 5.41) is 0.668. The summed E-state index contributed by atoms with van der Waals surface area (Å²) in [6.45, 7) is 9.09. The number of rotatable bonds is 5. The number of nitrogens with zero attached hydrogens (tertiary/aromatic N) is 1. The molecule has 0 fully saturated rings. The zero-order chi connectivity index (χ0) is 18.1. The molecule has 1 aliphatic rings. The van der Waals surface area contributed by atoms with Gasteiger partial charge in [0, 0.05) is 0 Å². The molecule has 0 spiro atoms. The van der Waals surface area contributed by atoms with E-state index >= 15 is 0 Å². The highest BCUT2D eigenvalue weighted by atomic mass is 16.7. The average Bonchev–Trinajstić information content (AvgIpc) is 2.70. The maximum Gasteiger partial charge on any atom is 0.338 e. The Labute approximate surface area is 141 Å². The number of imide groups is 1. The number of hydrogen-bond donors (Lipinski definition) is 0. The van der Waals surface area contributed by atoms with Crippen molar-refractivity contribution in [3.05, 3.63) is 35.4 Å². The molecule has 24 heavy (non-hydrogen) atoms. The van der Waals surface area contributed by atoms with Crippen LogP contribution in [0.3, 0.4) is 0 Å². The number of carbonyl (C=O) groups excluding carboxylic acids is 3. The highest BCUT2D eigenvalue weighted by Crippen LogP contribution is 2.25. The van der Waals surface area contributed by atoms with Gasteiger partial charge in [-0.05, 0) is 45.2 Å². The van der Waals surface area contributed by atoms with Gasteiger partial charge in [-0.1, -0.05) is 26.0 Å². The van der Waals surface area contributed by atoms with Crippen LogP contribution in [0.1, 0.15) is 61.8 Å². The lowest BCUT2D eigenvalue weighted by atomic mass is 10.1. The van der Waals surface area contributed by atoms with Crippen molar-refractivity contribution in [2.24, 2.45) is 5.92 Å². The van der Waals surface area contributed by atoms with Crippen LogP contribution in [-0.2, 0) is 14.4 Å². The quantitative estimate of drug-likeness (QED) is 0.612. The van der Waals surface area contributed by atoms with Crippen molar-refractivity contribution < 1.29 is 24.0 Å². The molecule has 1 heterocycles. The number of benzene rings is 1. The topological polar surface area (TPSA) is 72.9 Å². The number of ether oxygens (including phenoxy) is 1. The van der Waals surface area contributed by atoms with Gasteiger partial charge in [0.1, 0.15) is 5.60 Å². The van der Waals surface area contributed by atoms with Crippen LogP contribution >= 0.6 is 0 Å². The molecule has 0 aromatic heterocycles. The molecule has 2 amide bonds. The second-order valence-corrected chi connectivity index (χ2v) is 7.21. The second-order valence-electron chi connectivity index (χ2n) is 7.21. The largest absolute Gasteiger partial charge is 0.458 e. The smallest absolute Gasteiger partial charge is 0.338 e. The minimum atomic E-state index is -1.02. The molecule has 1 aromatic rings. The van der Waals surface area contributed by atoms with E-state index < -0.39 is 29.5 Å². The first-order valence-corrected chi connectivity index (χ1v) is 7.97. The van der Waals surface area contributed by atoms with E-state index in [0.717, 1.165) is 0 Å². The zero-order valence-electron chi connectivity index (χ0n) is 14.7. The molecule has 0 saturated carbocycles. The summed E-state index contributed by atoms with van der Waals surface area (Å²) in [5.41, 5.74) is -0.137. The minimum absolute atomic E-state index is 0.123. The van der Waals surface area contributed by atoms with Crippen LogP contribution in [0.5, 0.6) is 0 Å². The van der Waals surface area contributed by atoms with E-state index in [1.807, 2.05) is 13.8 Å². The molecular weight excluding hydrogens is 310 g/mol. The Hall–Kier alpha value is -2.21. The SMILES string of the molecule is CC(C)CC(ON1C(=O)c2ccccc2C1=O)C(=O)OC(C)(C)C. The fourth-order valence-electron chi connectivity index (χ4n) is 2.37. The zero-order valence-corrected chi connectivity index (χ0v) is 14.7. The van der Waals surface area contributed by atoms with Crippen molar-refractivity contribution in [2.45, 2.75) is 52.7 Å². The van der Waals surface area contributed by atoms with Crippen LogP contribution in [-0.4, -0.2) is 34.6 Å². The molecule has 6 heteroatoms. The maximum atomic E-state index is 12.4. The van der Waals surface area contributed by atoms with E-state index in [0.29, 0.717) is 11.5 Å². The van der Waals surface area contributed by atoms with Gasteiger partial charge in [0.25, 0.3) is 11.8 Å². The number of hydroxylamine groups is 2. The lowest BCUT2D eigenvalue weighted by Crippen LogP contribution is -2.41. The third-order valence-electron chi connectivity index (χ3n) is 3.34. The van der Waals surface area contributed by atoms with Gasteiger partial charge in [0.2, 0.25) is 0 Å². The Balaban J connectivity index is 2.20. The summed E-state index contributed by atoms with van der Waals surface area (Å²) < 4.78 is 5.35. The first kappa shape index (κ1) is 18.1. The monoisotopic (exact) mass is 333 g/mol. The van der Waals surface area contributed by atoms with Crippen LogP contribution < -0.4 is 0 Å². The Morgan fingerprint density at radius 2 is 1.58 bits per heavy atom. The summed E-state index contributed by atoms with van der Waals surface area (Å²) in [6.07, 6.45) is -0.686. The molecule has 130 valence electrons. The van der Waals surface area contributed by atoms with Gasteiger partial charge in [-0.25, -0.2) is 9.63 Å². The molecule has 0 N–H and O–H groups in total. The van der Waals surface area contributed by atoms with E-state index in [9.17, 15) is 14.4 Å². The third-order valence-corrected chi connectivity index (χ3v) is 3.34. The van der Waals surface area contributed by atoms with E-state index in [1.54, 1.807) is 45.0 Å². The van der Waals surface area contributed by atoms with E-state index in [4.69, 9.17) is 9.57 Å². The molecular formula is C18H23NO5. The number of hydrogen-bond acceptors (Lipinski definition) is 5. The summed E-state index contributed by atoms with van der Waals surface area (Å²) in [6, 6.07) is 6.47. The minimum Gasteiger partial charge on any atom is -0.458 e. The lowest BCUT2D eigenvalue weighted by Gasteiger charge is -2.26. The summed E-state index contributed by atoms with van der Waals surface area (Å²) in [5.74, 6) is -1.59. The Bertz CT molecular complexity index is 625. The highest BCUT2D eigenvalue weighted by molar-refractivity contribution is 6.20. The normalized spacial score (nSPS) is 15.7. The van der Waals surface area contributed by atoms with Gasteiger partial charge in [-0.3, -0.25) is 9.59 Å². The summed E-state index contributed by atoms with van der Waals surface area (Å²) >= 11 is 0. The van der Waals surface area contributed by atoms with Crippen LogP contribution in [0.2, 0.25) is 0 Å². The third kappa shape index (κ3) is 4.00. The van der Waals surface area contributed by atoms with Gasteiger partial charge >= 0.3 is 5.97 Å². The maximum absolute atomic E-state index is 12.4. The predicted molar refractivity (Wildman–Crippen MR) is 87.1 cm³/mol. The second kappa shape index (κ2) is 6.73. The van der Waals surface area contributed by atoms with Crippen molar-refractivity contribution in [2.75, 3.05) is 0 Å². The average molecular weight is 333 g/mol. The fraction of sp³-hybridized carbons (Fsp3) is 0.500. The Morgan fingerprint density at radius 1 is 1.08 bits per heavy atom. The number of fused-ring (bicyclic) bond motifs is 1. The van der Waals surface area contributed by atoms with Gasteiger partial charge in [0.15, 0.2) is 6.10 Å². The molecule has 2 rings (SSSR count). The fourth-order valence-corrected chi connectivity index (χ4v) is 2.37.